The first-order chi connectivity index (χ1) is 10.6. The van der Waals surface area contributed by atoms with Crippen molar-refractivity contribution >= 4 is 5.97 Å². The highest BCUT2D eigenvalue weighted by Gasteiger charge is 2.16. The molecule has 1 aromatic carbocycles. The molecule has 0 aliphatic heterocycles. The van der Waals surface area contributed by atoms with Crippen molar-refractivity contribution in [3.63, 3.8) is 0 Å². The summed E-state index contributed by atoms with van der Waals surface area (Å²) in [6.07, 6.45) is 4.16. The highest BCUT2D eigenvalue weighted by Crippen LogP contribution is 2.27. The predicted octanol–water partition coefficient (Wildman–Crippen LogP) is 3.11. The second-order valence-corrected chi connectivity index (χ2v) is 5.73. The molecular formula is C18H19NO3. The number of aromatic nitrogens is 1. The fourth-order valence-corrected chi connectivity index (χ4v) is 3.17. The number of benzene rings is 1. The number of rotatable bonds is 4. The van der Waals surface area contributed by atoms with E-state index < -0.39 is 11.5 Å². The molecule has 1 aromatic heterocycles. The SMILES string of the molecule is CCCn1c(-c2ccc3c(c2)CCC3)ccc(C(=O)O)c1=O. The molecule has 0 atom stereocenters. The number of carbonyl (C=O) groups is 1. The normalized spacial score (nSPS) is 13.1. The Balaban J connectivity index is 2.16. The highest BCUT2D eigenvalue weighted by molar-refractivity contribution is 5.87. The molecule has 4 nitrogen and oxygen atoms in total. The van der Waals surface area contributed by atoms with Gasteiger partial charge in [0.05, 0.1) is 5.69 Å². The van der Waals surface area contributed by atoms with Gasteiger partial charge in [-0.3, -0.25) is 4.79 Å². The fraction of sp³-hybridized carbons (Fsp3) is 0.333. The zero-order chi connectivity index (χ0) is 15.7. The van der Waals surface area contributed by atoms with Crippen LogP contribution in [0.15, 0.2) is 35.1 Å². The van der Waals surface area contributed by atoms with Crippen molar-refractivity contribution in [3.8, 4) is 11.3 Å². The van der Waals surface area contributed by atoms with Gasteiger partial charge in [-0.05, 0) is 60.6 Å². The van der Waals surface area contributed by atoms with E-state index in [1.807, 2.05) is 13.0 Å². The molecule has 0 fully saturated rings. The smallest absolute Gasteiger partial charge is 0.341 e. The third kappa shape index (κ3) is 2.45. The van der Waals surface area contributed by atoms with Crippen LogP contribution in [0.1, 0.15) is 41.3 Å². The van der Waals surface area contributed by atoms with Crippen molar-refractivity contribution in [2.75, 3.05) is 0 Å². The van der Waals surface area contributed by atoms with Gasteiger partial charge in [-0.25, -0.2) is 4.79 Å². The first-order valence-electron chi connectivity index (χ1n) is 7.71. The van der Waals surface area contributed by atoms with E-state index in [2.05, 4.69) is 12.1 Å². The summed E-state index contributed by atoms with van der Waals surface area (Å²) in [6, 6.07) is 9.47. The minimum Gasteiger partial charge on any atom is -0.477 e. The van der Waals surface area contributed by atoms with Crippen molar-refractivity contribution in [1.82, 2.24) is 4.57 Å². The Kier molecular flexibility index (Phi) is 3.84. The molecule has 0 radical (unpaired) electrons. The summed E-state index contributed by atoms with van der Waals surface area (Å²) in [5, 5.41) is 9.13. The van der Waals surface area contributed by atoms with Gasteiger partial charge in [0, 0.05) is 6.54 Å². The van der Waals surface area contributed by atoms with Crippen molar-refractivity contribution in [2.45, 2.75) is 39.2 Å². The average Bonchev–Trinajstić information content (AvgIpc) is 2.96. The lowest BCUT2D eigenvalue weighted by Gasteiger charge is -2.14. The van der Waals surface area contributed by atoms with E-state index in [4.69, 9.17) is 5.11 Å². The standard InChI is InChI=1S/C18H19NO3/c1-2-10-19-16(9-8-15(17(19)20)18(21)22)14-7-6-12-4-3-5-13(12)11-14/h6-9,11H,2-5,10H2,1H3,(H,21,22). The predicted molar refractivity (Wildman–Crippen MR) is 85.4 cm³/mol. The first kappa shape index (κ1) is 14.6. The number of carboxylic acid groups (broad SMARTS) is 1. The van der Waals surface area contributed by atoms with E-state index in [0.29, 0.717) is 6.54 Å². The van der Waals surface area contributed by atoms with Gasteiger partial charge < -0.3 is 9.67 Å². The molecule has 3 rings (SSSR count). The minimum atomic E-state index is -1.17. The van der Waals surface area contributed by atoms with E-state index in [1.165, 1.54) is 23.6 Å². The summed E-state index contributed by atoms with van der Waals surface area (Å²) in [6.45, 7) is 2.50. The maximum Gasteiger partial charge on any atom is 0.341 e. The Morgan fingerprint density at radius 2 is 1.95 bits per heavy atom. The molecule has 0 amide bonds. The van der Waals surface area contributed by atoms with Crippen LogP contribution in [0, 0.1) is 0 Å². The monoisotopic (exact) mass is 297 g/mol. The van der Waals surface area contributed by atoms with Crippen LogP contribution in [0.3, 0.4) is 0 Å². The molecule has 1 aliphatic rings. The van der Waals surface area contributed by atoms with E-state index >= 15 is 0 Å². The topological polar surface area (TPSA) is 59.3 Å². The van der Waals surface area contributed by atoms with Crippen molar-refractivity contribution in [3.05, 3.63) is 57.4 Å². The molecule has 0 spiro atoms. The van der Waals surface area contributed by atoms with Gasteiger partial charge in [0.2, 0.25) is 0 Å². The summed E-state index contributed by atoms with van der Waals surface area (Å²) in [4.78, 5) is 23.6. The lowest BCUT2D eigenvalue weighted by Crippen LogP contribution is -2.27. The van der Waals surface area contributed by atoms with Crippen molar-refractivity contribution < 1.29 is 9.90 Å². The van der Waals surface area contributed by atoms with Crippen LogP contribution in [0.2, 0.25) is 0 Å². The molecule has 4 heteroatoms. The maximum atomic E-state index is 12.4. The third-order valence-corrected chi connectivity index (χ3v) is 4.25. The Hall–Kier alpha value is -2.36. The number of nitrogens with zero attached hydrogens (tertiary/aromatic N) is 1. The molecular weight excluding hydrogens is 278 g/mol. The van der Waals surface area contributed by atoms with E-state index in [9.17, 15) is 9.59 Å². The Morgan fingerprint density at radius 1 is 1.18 bits per heavy atom. The molecule has 0 saturated heterocycles. The molecule has 0 saturated carbocycles. The number of fused-ring (bicyclic) bond motifs is 1. The molecule has 0 bridgehead atoms. The van der Waals surface area contributed by atoms with Crippen LogP contribution in [0.4, 0.5) is 0 Å². The van der Waals surface area contributed by atoms with Crippen LogP contribution in [-0.4, -0.2) is 15.6 Å². The summed E-state index contributed by atoms with van der Waals surface area (Å²) >= 11 is 0. The fourth-order valence-electron chi connectivity index (χ4n) is 3.17. The van der Waals surface area contributed by atoms with Crippen LogP contribution in [0.5, 0.6) is 0 Å². The zero-order valence-corrected chi connectivity index (χ0v) is 12.6. The lowest BCUT2D eigenvalue weighted by molar-refractivity contribution is 0.0694. The van der Waals surface area contributed by atoms with Gasteiger partial charge in [0.1, 0.15) is 5.56 Å². The summed E-state index contributed by atoms with van der Waals surface area (Å²) in [5.41, 5.74) is 3.92. The number of hydrogen-bond donors (Lipinski definition) is 1. The minimum absolute atomic E-state index is 0.168. The van der Waals surface area contributed by atoms with Crippen molar-refractivity contribution in [1.29, 1.82) is 0 Å². The van der Waals surface area contributed by atoms with Crippen LogP contribution < -0.4 is 5.56 Å². The first-order valence-corrected chi connectivity index (χ1v) is 7.71. The van der Waals surface area contributed by atoms with Crippen LogP contribution >= 0.6 is 0 Å². The van der Waals surface area contributed by atoms with Gasteiger partial charge >= 0.3 is 5.97 Å². The summed E-state index contributed by atoms with van der Waals surface area (Å²) in [5.74, 6) is -1.17. The van der Waals surface area contributed by atoms with Gasteiger partial charge in [-0.2, -0.15) is 0 Å². The number of pyridine rings is 1. The number of hydrogen-bond acceptors (Lipinski definition) is 2. The van der Waals surface area contributed by atoms with E-state index in [-0.39, 0.29) is 5.56 Å². The quantitative estimate of drug-likeness (QED) is 0.943. The van der Waals surface area contributed by atoms with Crippen LogP contribution in [0.25, 0.3) is 11.3 Å². The number of carboxylic acids is 1. The number of aromatic carboxylic acids is 1. The summed E-state index contributed by atoms with van der Waals surface area (Å²) in [7, 11) is 0. The molecule has 0 unspecified atom stereocenters. The third-order valence-electron chi connectivity index (χ3n) is 4.25. The average molecular weight is 297 g/mol. The molecule has 1 N–H and O–H groups in total. The molecule has 1 aliphatic carbocycles. The van der Waals surface area contributed by atoms with Gasteiger partial charge in [0.15, 0.2) is 0 Å². The molecule has 2 aromatic rings. The largest absolute Gasteiger partial charge is 0.477 e. The number of aryl methyl sites for hydroxylation is 2. The molecule has 1 heterocycles. The molecule has 114 valence electrons. The Bertz CT molecular complexity index is 789. The Labute approximate surface area is 129 Å². The van der Waals surface area contributed by atoms with Crippen LogP contribution in [-0.2, 0) is 19.4 Å². The second kappa shape index (κ2) is 5.79. The zero-order valence-electron chi connectivity index (χ0n) is 12.6. The Morgan fingerprint density at radius 3 is 2.68 bits per heavy atom. The van der Waals surface area contributed by atoms with Gasteiger partial charge in [0.25, 0.3) is 5.56 Å². The summed E-state index contributed by atoms with van der Waals surface area (Å²) < 4.78 is 1.58. The maximum absolute atomic E-state index is 12.4. The second-order valence-electron chi connectivity index (χ2n) is 5.73. The van der Waals surface area contributed by atoms with E-state index in [0.717, 1.165) is 30.5 Å². The molecule has 22 heavy (non-hydrogen) atoms. The van der Waals surface area contributed by atoms with E-state index in [1.54, 1.807) is 10.6 Å². The highest BCUT2D eigenvalue weighted by atomic mass is 16.4. The van der Waals surface area contributed by atoms with Gasteiger partial charge in [-0.15, -0.1) is 0 Å². The lowest BCUT2D eigenvalue weighted by atomic mass is 10.0. The van der Waals surface area contributed by atoms with Crippen molar-refractivity contribution in [2.24, 2.45) is 0 Å². The van der Waals surface area contributed by atoms with Gasteiger partial charge in [-0.1, -0.05) is 19.1 Å².